The van der Waals surface area contributed by atoms with Crippen LogP contribution in [0.4, 0.5) is 0 Å². The fourth-order valence-electron chi connectivity index (χ4n) is 4.43. The van der Waals surface area contributed by atoms with Crippen LogP contribution in [0.3, 0.4) is 0 Å². The predicted octanol–water partition coefficient (Wildman–Crippen LogP) is 2.27. The zero-order chi connectivity index (χ0) is 19.6. The first-order valence-corrected chi connectivity index (χ1v) is 10.0. The van der Waals surface area contributed by atoms with E-state index >= 15 is 0 Å². The number of amides is 2. The van der Waals surface area contributed by atoms with E-state index in [9.17, 15) is 9.59 Å². The molecule has 2 aromatic rings. The topological polar surface area (TPSA) is 71.3 Å². The summed E-state index contributed by atoms with van der Waals surface area (Å²) in [5, 5.41) is 0. The van der Waals surface area contributed by atoms with Crippen molar-refractivity contribution in [1.82, 2.24) is 24.3 Å². The second-order valence-corrected chi connectivity index (χ2v) is 8.08. The lowest BCUT2D eigenvalue weighted by atomic mass is 9.72. The molecule has 0 radical (unpaired) electrons. The van der Waals surface area contributed by atoms with Gasteiger partial charge < -0.3 is 14.4 Å². The van der Waals surface area contributed by atoms with Crippen LogP contribution < -0.4 is 0 Å². The number of likely N-dealkylation sites (tertiary alicyclic amines) is 2. The van der Waals surface area contributed by atoms with Crippen molar-refractivity contribution in [2.45, 2.75) is 45.2 Å². The summed E-state index contributed by atoms with van der Waals surface area (Å²) in [6.07, 6.45) is 10.4. The van der Waals surface area contributed by atoms with E-state index in [2.05, 4.69) is 9.97 Å². The van der Waals surface area contributed by atoms with Crippen molar-refractivity contribution in [1.29, 1.82) is 0 Å². The largest absolute Gasteiger partial charge is 0.341 e. The summed E-state index contributed by atoms with van der Waals surface area (Å²) in [5.74, 6) is 0.355. The number of piperidine rings is 2. The third kappa shape index (κ3) is 3.79. The molecule has 2 aromatic heterocycles. The van der Waals surface area contributed by atoms with Crippen molar-refractivity contribution in [3.05, 3.63) is 48.8 Å². The number of pyridine rings is 1. The maximum Gasteiger partial charge on any atom is 0.245 e. The molecular formula is C21H27N5O2. The molecule has 0 aromatic carbocycles. The van der Waals surface area contributed by atoms with Crippen LogP contribution in [0.25, 0.3) is 0 Å². The maximum absolute atomic E-state index is 12.8. The minimum absolute atomic E-state index is 0.123. The number of hydrogen-bond acceptors (Lipinski definition) is 4. The fourth-order valence-corrected chi connectivity index (χ4v) is 4.43. The predicted molar refractivity (Wildman–Crippen MR) is 104 cm³/mol. The molecule has 28 heavy (non-hydrogen) atoms. The number of rotatable bonds is 4. The Balaban J connectivity index is 1.37. The van der Waals surface area contributed by atoms with Crippen molar-refractivity contribution in [2.75, 3.05) is 19.6 Å². The normalized spacial score (nSPS) is 20.4. The Hall–Kier alpha value is -2.70. The third-order valence-corrected chi connectivity index (χ3v) is 6.29. The van der Waals surface area contributed by atoms with Gasteiger partial charge in [0.15, 0.2) is 0 Å². The molecule has 0 unspecified atom stereocenters. The van der Waals surface area contributed by atoms with Crippen LogP contribution in [0.2, 0.25) is 0 Å². The molecule has 1 spiro atoms. The van der Waals surface area contributed by atoms with Gasteiger partial charge in [-0.2, -0.15) is 0 Å². The van der Waals surface area contributed by atoms with Crippen LogP contribution in [0.5, 0.6) is 0 Å². The highest BCUT2D eigenvalue weighted by Crippen LogP contribution is 2.40. The van der Waals surface area contributed by atoms with Gasteiger partial charge >= 0.3 is 0 Å². The molecule has 0 aliphatic carbocycles. The van der Waals surface area contributed by atoms with Crippen LogP contribution >= 0.6 is 0 Å². The van der Waals surface area contributed by atoms with E-state index in [1.807, 2.05) is 45.7 Å². The molecule has 0 N–H and O–H groups in total. The van der Waals surface area contributed by atoms with Gasteiger partial charge in [-0.25, -0.2) is 4.98 Å². The monoisotopic (exact) mass is 381 g/mol. The molecule has 7 heteroatoms. The van der Waals surface area contributed by atoms with E-state index in [4.69, 9.17) is 0 Å². The third-order valence-electron chi connectivity index (χ3n) is 6.29. The van der Waals surface area contributed by atoms with E-state index < -0.39 is 0 Å². The summed E-state index contributed by atoms with van der Waals surface area (Å²) in [4.78, 5) is 37.6. The highest BCUT2D eigenvalue weighted by molar-refractivity contribution is 5.80. The summed E-state index contributed by atoms with van der Waals surface area (Å²) in [5.41, 5.74) is 1.05. The standard InChI is InChI=1S/C21H27N5O2/c1-17(25-13-10-22-16-25)20(28)24-11-7-21(8-12-24)6-5-19(27)26(15-21)14-18-4-2-3-9-23-18/h2-4,9-10,13,16-17H,5-8,11-12,14-15H2,1H3/t17-/m0/s1. The molecule has 2 aliphatic heterocycles. The summed E-state index contributed by atoms with van der Waals surface area (Å²) < 4.78 is 1.85. The van der Waals surface area contributed by atoms with E-state index in [1.165, 1.54) is 0 Å². The van der Waals surface area contributed by atoms with Crippen LogP contribution in [-0.4, -0.2) is 55.8 Å². The van der Waals surface area contributed by atoms with Gasteiger partial charge in [-0.3, -0.25) is 14.6 Å². The Bertz CT molecular complexity index is 813. The highest BCUT2D eigenvalue weighted by atomic mass is 16.2. The summed E-state index contributed by atoms with van der Waals surface area (Å²) >= 11 is 0. The van der Waals surface area contributed by atoms with Gasteiger partial charge in [0.05, 0.1) is 18.6 Å². The van der Waals surface area contributed by atoms with E-state index in [-0.39, 0.29) is 23.3 Å². The van der Waals surface area contributed by atoms with Crippen molar-refractivity contribution in [3.8, 4) is 0 Å². The maximum atomic E-state index is 12.8. The lowest BCUT2D eigenvalue weighted by Gasteiger charge is -2.47. The van der Waals surface area contributed by atoms with E-state index in [0.717, 1.165) is 44.6 Å². The molecule has 2 saturated heterocycles. The first-order valence-electron chi connectivity index (χ1n) is 10.0. The lowest BCUT2D eigenvalue weighted by Crippen LogP contribution is -2.52. The molecule has 0 saturated carbocycles. The minimum Gasteiger partial charge on any atom is -0.341 e. The number of imidazole rings is 1. The lowest BCUT2D eigenvalue weighted by molar-refractivity contribution is -0.144. The molecule has 0 bridgehead atoms. The molecule has 2 amide bonds. The number of aromatic nitrogens is 3. The average molecular weight is 381 g/mol. The number of hydrogen-bond donors (Lipinski definition) is 0. The molecular weight excluding hydrogens is 354 g/mol. The summed E-state index contributed by atoms with van der Waals surface area (Å²) in [6.45, 7) is 4.76. The molecule has 148 valence electrons. The Morgan fingerprint density at radius 2 is 2.04 bits per heavy atom. The Kier molecular flexibility index (Phi) is 5.15. The van der Waals surface area contributed by atoms with Crippen LogP contribution in [-0.2, 0) is 16.1 Å². The smallest absolute Gasteiger partial charge is 0.245 e. The Morgan fingerprint density at radius 1 is 1.21 bits per heavy atom. The van der Waals surface area contributed by atoms with Gasteiger partial charge in [-0.1, -0.05) is 6.07 Å². The molecule has 4 heterocycles. The second kappa shape index (κ2) is 7.73. The SMILES string of the molecule is C[C@@H](C(=O)N1CCC2(CCC(=O)N(Cc3ccccn3)C2)CC1)n1ccnc1. The van der Waals surface area contributed by atoms with E-state index in [1.54, 1.807) is 18.7 Å². The minimum atomic E-state index is -0.231. The number of carbonyl (C=O) groups is 2. The van der Waals surface area contributed by atoms with Gasteiger partial charge in [-0.05, 0) is 43.7 Å². The highest BCUT2D eigenvalue weighted by Gasteiger charge is 2.42. The zero-order valence-electron chi connectivity index (χ0n) is 16.3. The van der Waals surface area contributed by atoms with Gasteiger partial charge in [0.1, 0.15) is 6.04 Å². The molecule has 1 atom stereocenters. The van der Waals surface area contributed by atoms with Crippen LogP contribution in [0.15, 0.2) is 43.1 Å². The molecule has 2 fully saturated rings. The first-order chi connectivity index (χ1) is 13.6. The quantitative estimate of drug-likeness (QED) is 0.815. The number of carbonyl (C=O) groups excluding carboxylic acids is 2. The first kappa shape index (κ1) is 18.7. The zero-order valence-corrected chi connectivity index (χ0v) is 16.3. The van der Waals surface area contributed by atoms with Crippen molar-refractivity contribution >= 4 is 11.8 Å². The molecule has 4 rings (SSSR count). The average Bonchev–Trinajstić information content (AvgIpc) is 3.26. The second-order valence-electron chi connectivity index (χ2n) is 8.08. The van der Waals surface area contributed by atoms with Gasteiger partial charge in [0.2, 0.25) is 11.8 Å². The van der Waals surface area contributed by atoms with Crippen molar-refractivity contribution in [2.24, 2.45) is 5.41 Å². The van der Waals surface area contributed by atoms with Gasteiger partial charge in [0, 0.05) is 44.6 Å². The Morgan fingerprint density at radius 3 is 2.71 bits per heavy atom. The molecule has 2 aliphatic rings. The molecule has 7 nitrogen and oxygen atoms in total. The summed E-state index contributed by atoms with van der Waals surface area (Å²) in [6, 6.07) is 5.58. The number of nitrogens with zero attached hydrogens (tertiary/aromatic N) is 5. The fraction of sp³-hybridized carbons (Fsp3) is 0.524. The van der Waals surface area contributed by atoms with Crippen molar-refractivity contribution in [3.63, 3.8) is 0 Å². The Labute approximate surface area is 165 Å². The summed E-state index contributed by atoms with van der Waals surface area (Å²) in [7, 11) is 0. The van der Waals surface area contributed by atoms with Gasteiger partial charge in [-0.15, -0.1) is 0 Å². The van der Waals surface area contributed by atoms with Crippen molar-refractivity contribution < 1.29 is 9.59 Å². The van der Waals surface area contributed by atoms with Crippen LogP contribution in [0, 0.1) is 5.41 Å². The van der Waals surface area contributed by atoms with E-state index in [0.29, 0.717) is 13.0 Å². The van der Waals surface area contributed by atoms with Gasteiger partial charge in [0.25, 0.3) is 0 Å². The van der Waals surface area contributed by atoms with Crippen LogP contribution in [0.1, 0.15) is 44.3 Å².